The van der Waals surface area contributed by atoms with Crippen molar-refractivity contribution >= 4 is 34.4 Å². The van der Waals surface area contributed by atoms with Crippen molar-refractivity contribution in [1.82, 2.24) is 5.32 Å². The van der Waals surface area contributed by atoms with Crippen molar-refractivity contribution in [1.29, 1.82) is 0 Å². The van der Waals surface area contributed by atoms with Crippen molar-refractivity contribution in [2.24, 2.45) is 11.8 Å². The van der Waals surface area contributed by atoms with Gasteiger partial charge in [-0.25, -0.2) is 4.90 Å². The van der Waals surface area contributed by atoms with Gasteiger partial charge in [-0.15, -0.1) is 0 Å². The highest BCUT2D eigenvalue weighted by Gasteiger charge is 2.67. The fraction of sp³-hybridized carbons (Fsp3) is 0.261. The molecule has 2 aromatic carbocycles. The molecule has 3 aromatic rings. The topological polar surface area (TPSA) is 99.8 Å². The summed E-state index contributed by atoms with van der Waals surface area (Å²) >= 11 is 0. The largest absolute Gasteiger partial charge is 0.480 e. The molecule has 0 aliphatic carbocycles. The molecule has 0 bridgehead atoms. The zero-order valence-corrected chi connectivity index (χ0v) is 16.5. The van der Waals surface area contributed by atoms with Gasteiger partial charge < -0.3 is 9.52 Å². The number of carboxylic acids is 1. The van der Waals surface area contributed by atoms with Crippen LogP contribution in [0, 0.1) is 18.8 Å². The molecule has 7 heteroatoms. The number of carboxylic acid groups (broad SMARTS) is 1. The van der Waals surface area contributed by atoms with Crippen LogP contribution in [0.3, 0.4) is 0 Å². The monoisotopic (exact) mass is 404 g/mol. The summed E-state index contributed by atoms with van der Waals surface area (Å²) in [7, 11) is 0. The number of hydrogen-bond donors (Lipinski definition) is 2. The minimum atomic E-state index is -1.60. The zero-order valence-electron chi connectivity index (χ0n) is 16.5. The molecule has 0 spiro atoms. The number of amides is 2. The predicted molar refractivity (Wildman–Crippen MR) is 109 cm³/mol. The number of hydrogen-bond acceptors (Lipinski definition) is 5. The van der Waals surface area contributed by atoms with Crippen molar-refractivity contribution in [3.63, 3.8) is 0 Å². The number of rotatable bonds is 3. The molecular formula is C23H20N2O5. The Morgan fingerprint density at radius 3 is 2.50 bits per heavy atom. The zero-order chi connectivity index (χ0) is 21.2. The van der Waals surface area contributed by atoms with Crippen LogP contribution >= 0.6 is 0 Å². The number of aliphatic carboxylic acids is 1. The lowest BCUT2D eigenvalue weighted by Crippen LogP contribution is -2.53. The average Bonchev–Trinajstić information content (AvgIpc) is 3.35. The molecule has 5 rings (SSSR count). The second-order valence-electron chi connectivity index (χ2n) is 8.12. The molecule has 2 amide bonds. The van der Waals surface area contributed by atoms with E-state index in [0.29, 0.717) is 17.0 Å². The predicted octanol–water partition coefficient (Wildman–Crippen LogP) is 3.03. The lowest BCUT2D eigenvalue weighted by atomic mass is 9.81. The Bertz CT molecular complexity index is 1180. The summed E-state index contributed by atoms with van der Waals surface area (Å²) in [6.45, 7) is 3.28. The average molecular weight is 404 g/mol. The van der Waals surface area contributed by atoms with Gasteiger partial charge in [0.15, 0.2) is 0 Å². The van der Waals surface area contributed by atoms with Crippen molar-refractivity contribution in [3.05, 3.63) is 65.9 Å². The fourth-order valence-corrected chi connectivity index (χ4v) is 4.79. The van der Waals surface area contributed by atoms with E-state index >= 15 is 0 Å². The first-order valence-corrected chi connectivity index (χ1v) is 9.76. The van der Waals surface area contributed by atoms with E-state index in [4.69, 9.17) is 4.42 Å². The molecule has 2 fully saturated rings. The molecule has 2 aliphatic rings. The molecule has 0 radical (unpaired) electrons. The minimum absolute atomic E-state index is 0.415. The summed E-state index contributed by atoms with van der Waals surface area (Å²) in [6.07, 6.45) is 0. The molecule has 152 valence electrons. The van der Waals surface area contributed by atoms with Gasteiger partial charge in [0, 0.05) is 5.39 Å². The summed E-state index contributed by atoms with van der Waals surface area (Å²) in [4.78, 5) is 40.2. The first-order chi connectivity index (χ1) is 14.3. The summed E-state index contributed by atoms with van der Waals surface area (Å²) in [5.41, 5.74) is 0.295. The van der Waals surface area contributed by atoms with Crippen LogP contribution in [0.5, 0.6) is 0 Å². The lowest BCUT2D eigenvalue weighted by Gasteiger charge is -2.27. The third kappa shape index (κ3) is 2.39. The molecular weight excluding hydrogens is 384 g/mol. The number of nitrogens with zero attached hydrogens (tertiary/aromatic N) is 1. The highest BCUT2D eigenvalue weighted by atomic mass is 16.4. The van der Waals surface area contributed by atoms with Crippen LogP contribution in [0.15, 0.2) is 59.0 Å². The summed E-state index contributed by atoms with van der Waals surface area (Å²) in [6, 6.07) is 15.6. The highest BCUT2D eigenvalue weighted by molar-refractivity contribution is 6.24. The van der Waals surface area contributed by atoms with Gasteiger partial charge in [-0.05, 0) is 37.6 Å². The SMILES string of the molecule is Cc1ccccc1N1C(=O)C2C(c3cc4ccccc4o3)NC(C)(C(=O)O)C2C1=O. The van der Waals surface area contributed by atoms with Gasteiger partial charge in [0.1, 0.15) is 16.9 Å². The number of aryl methyl sites for hydroxylation is 1. The van der Waals surface area contributed by atoms with Crippen LogP contribution in [0.2, 0.25) is 0 Å². The van der Waals surface area contributed by atoms with E-state index in [-0.39, 0.29) is 0 Å². The summed E-state index contributed by atoms with van der Waals surface area (Å²) in [5.74, 6) is -3.57. The van der Waals surface area contributed by atoms with Crippen molar-refractivity contribution in [3.8, 4) is 0 Å². The number of nitrogens with one attached hydrogen (secondary N) is 1. The number of carbonyl (C=O) groups is 3. The maximum atomic E-state index is 13.5. The third-order valence-corrected chi connectivity index (χ3v) is 6.34. The van der Waals surface area contributed by atoms with Gasteiger partial charge in [-0.1, -0.05) is 36.4 Å². The number of furan rings is 1. The Labute approximate surface area is 172 Å². The molecule has 2 N–H and O–H groups in total. The third-order valence-electron chi connectivity index (χ3n) is 6.34. The normalized spacial score (nSPS) is 28.3. The first-order valence-electron chi connectivity index (χ1n) is 9.76. The van der Waals surface area contributed by atoms with E-state index in [9.17, 15) is 19.5 Å². The molecule has 2 saturated heterocycles. The Kier molecular flexibility index (Phi) is 3.88. The van der Waals surface area contributed by atoms with Crippen LogP contribution in [-0.4, -0.2) is 28.4 Å². The van der Waals surface area contributed by atoms with Crippen LogP contribution in [0.4, 0.5) is 5.69 Å². The molecule has 2 aliphatic heterocycles. The summed E-state index contributed by atoms with van der Waals surface area (Å²) in [5, 5.41) is 13.8. The number of carbonyl (C=O) groups excluding carboxylic acids is 2. The van der Waals surface area contributed by atoms with E-state index in [1.165, 1.54) is 6.92 Å². The van der Waals surface area contributed by atoms with E-state index in [1.54, 1.807) is 18.2 Å². The Hall–Kier alpha value is -3.45. The second kappa shape index (κ2) is 6.27. The molecule has 3 heterocycles. The number of benzene rings is 2. The van der Waals surface area contributed by atoms with Gasteiger partial charge >= 0.3 is 5.97 Å². The van der Waals surface area contributed by atoms with Gasteiger partial charge in [-0.3, -0.25) is 19.7 Å². The van der Waals surface area contributed by atoms with Crippen molar-refractivity contribution in [2.45, 2.75) is 25.4 Å². The van der Waals surface area contributed by atoms with Crippen molar-refractivity contribution < 1.29 is 23.9 Å². The molecule has 0 saturated carbocycles. The summed E-state index contributed by atoms with van der Waals surface area (Å²) < 4.78 is 5.94. The van der Waals surface area contributed by atoms with Crippen LogP contribution < -0.4 is 10.2 Å². The van der Waals surface area contributed by atoms with E-state index in [2.05, 4.69) is 5.32 Å². The van der Waals surface area contributed by atoms with Crippen LogP contribution in [0.1, 0.15) is 24.3 Å². The maximum Gasteiger partial charge on any atom is 0.324 e. The smallest absolute Gasteiger partial charge is 0.324 e. The van der Waals surface area contributed by atoms with Gasteiger partial charge in [0.05, 0.1) is 23.6 Å². The maximum absolute atomic E-state index is 13.5. The van der Waals surface area contributed by atoms with Crippen LogP contribution in [0.25, 0.3) is 11.0 Å². The van der Waals surface area contributed by atoms with Gasteiger partial charge in [-0.2, -0.15) is 0 Å². The Balaban J connectivity index is 1.65. The number of anilines is 1. The Morgan fingerprint density at radius 2 is 1.80 bits per heavy atom. The lowest BCUT2D eigenvalue weighted by molar-refractivity contribution is -0.147. The molecule has 1 aromatic heterocycles. The van der Waals surface area contributed by atoms with E-state index < -0.39 is 41.2 Å². The van der Waals surface area contributed by atoms with Crippen LogP contribution in [-0.2, 0) is 14.4 Å². The quantitative estimate of drug-likeness (QED) is 0.651. The number of para-hydroxylation sites is 2. The number of imide groups is 1. The van der Waals surface area contributed by atoms with E-state index in [1.807, 2.05) is 43.3 Å². The molecule has 4 atom stereocenters. The Morgan fingerprint density at radius 1 is 1.10 bits per heavy atom. The molecule has 7 nitrogen and oxygen atoms in total. The minimum Gasteiger partial charge on any atom is -0.480 e. The molecule has 30 heavy (non-hydrogen) atoms. The standard InChI is InChI=1S/C23H20N2O5/c1-12-7-3-5-9-14(12)25-20(26)17-18(21(25)27)23(2,22(28)29)24-19(17)16-11-13-8-4-6-10-15(13)30-16/h3-11,17-19,24H,1-2H3,(H,28,29). The second-order valence-corrected chi connectivity index (χ2v) is 8.12. The molecule has 4 unspecified atom stereocenters. The highest BCUT2D eigenvalue weighted by Crippen LogP contribution is 2.50. The first kappa shape index (κ1) is 18.6. The van der Waals surface area contributed by atoms with Crippen molar-refractivity contribution in [2.75, 3.05) is 4.90 Å². The fourth-order valence-electron chi connectivity index (χ4n) is 4.79. The number of fused-ring (bicyclic) bond motifs is 2. The van der Waals surface area contributed by atoms with E-state index in [0.717, 1.165) is 15.8 Å². The van der Waals surface area contributed by atoms with Gasteiger partial charge in [0.25, 0.3) is 0 Å². The van der Waals surface area contributed by atoms with Gasteiger partial charge in [0.2, 0.25) is 11.8 Å².